The second-order valence-corrected chi connectivity index (χ2v) is 4.08. The second-order valence-electron chi connectivity index (χ2n) is 4.08. The zero-order valence-corrected chi connectivity index (χ0v) is 9.95. The van der Waals surface area contributed by atoms with Gasteiger partial charge in [-0.1, -0.05) is 23.8 Å². The van der Waals surface area contributed by atoms with Crippen LogP contribution in [0, 0.1) is 6.92 Å². The molecule has 0 fully saturated rings. The number of Topliss-reactive ketones (excluding diaryl/α,β-unsaturated/α-hetero) is 1. The molecule has 0 N–H and O–H groups in total. The van der Waals surface area contributed by atoms with Crippen LogP contribution in [0.4, 0.5) is 0 Å². The number of ketones is 1. The van der Waals surface area contributed by atoms with Crippen molar-refractivity contribution < 1.29 is 14.3 Å². The number of esters is 1. The van der Waals surface area contributed by atoms with Gasteiger partial charge in [-0.2, -0.15) is 0 Å². The smallest absolute Gasteiger partial charge is 0.341 e. The predicted molar refractivity (Wildman–Crippen MR) is 64.5 cm³/mol. The van der Waals surface area contributed by atoms with Crippen LogP contribution in [0.5, 0.6) is 0 Å². The third-order valence-electron chi connectivity index (χ3n) is 2.75. The van der Waals surface area contributed by atoms with E-state index >= 15 is 0 Å². The van der Waals surface area contributed by atoms with E-state index in [2.05, 4.69) is 0 Å². The Labute approximate surface area is 100 Å². The molecule has 2 rings (SSSR count). The molecule has 88 valence electrons. The highest BCUT2D eigenvalue weighted by Crippen LogP contribution is 2.23. The van der Waals surface area contributed by atoms with Gasteiger partial charge in [0.1, 0.15) is 5.57 Å². The van der Waals surface area contributed by atoms with Crippen molar-refractivity contribution in [2.75, 3.05) is 6.61 Å². The van der Waals surface area contributed by atoms with Crippen molar-refractivity contribution in [3.63, 3.8) is 0 Å². The highest BCUT2D eigenvalue weighted by atomic mass is 16.5. The zero-order valence-electron chi connectivity index (χ0n) is 9.95. The molecule has 0 saturated heterocycles. The van der Waals surface area contributed by atoms with Crippen molar-refractivity contribution in [1.29, 1.82) is 0 Å². The van der Waals surface area contributed by atoms with Crippen molar-refractivity contribution in [2.24, 2.45) is 0 Å². The summed E-state index contributed by atoms with van der Waals surface area (Å²) in [6.07, 6.45) is 1.91. The molecule has 1 aromatic rings. The minimum atomic E-state index is -0.523. The Balaban J connectivity index is 2.41. The molecule has 1 aliphatic rings. The first kappa shape index (κ1) is 11.6. The molecule has 0 amide bonds. The topological polar surface area (TPSA) is 43.4 Å². The zero-order chi connectivity index (χ0) is 12.4. The SMILES string of the molecule is CCOC(=O)C1=Cc2cc(C)ccc2CC1=O. The average Bonchev–Trinajstić information content (AvgIpc) is 2.29. The second kappa shape index (κ2) is 4.53. The van der Waals surface area contributed by atoms with Crippen LogP contribution in [0.1, 0.15) is 23.6 Å². The maximum Gasteiger partial charge on any atom is 0.341 e. The minimum absolute atomic E-state index is 0.157. The summed E-state index contributed by atoms with van der Waals surface area (Å²) in [5.41, 5.74) is 3.17. The summed E-state index contributed by atoms with van der Waals surface area (Å²) in [4.78, 5) is 23.4. The van der Waals surface area contributed by atoms with Crippen molar-refractivity contribution in [3.8, 4) is 0 Å². The number of hydrogen-bond donors (Lipinski definition) is 0. The Hall–Kier alpha value is -1.90. The van der Waals surface area contributed by atoms with Crippen molar-refractivity contribution in [3.05, 3.63) is 40.5 Å². The normalized spacial score (nSPS) is 14.0. The van der Waals surface area contributed by atoms with Gasteiger partial charge in [0, 0.05) is 6.42 Å². The molecule has 1 aliphatic carbocycles. The molecule has 0 spiro atoms. The third kappa shape index (κ3) is 2.28. The standard InChI is InChI=1S/C14H14O3/c1-3-17-14(16)12-7-11-6-9(2)4-5-10(11)8-13(12)15/h4-7H,3,8H2,1-2H3. The first-order chi connectivity index (χ1) is 8.11. The Morgan fingerprint density at radius 1 is 1.41 bits per heavy atom. The van der Waals surface area contributed by atoms with Gasteiger partial charge < -0.3 is 4.74 Å². The number of ether oxygens (including phenoxy) is 1. The highest BCUT2D eigenvalue weighted by molar-refractivity contribution is 6.22. The number of benzene rings is 1. The fourth-order valence-electron chi connectivity index (χ4n) is 1.90. The molecule has 0 aliphatic heterocycles. The predicted octanol–water partition coefficient (Wildman–Crippen LogP) is 2.07. The summed E-state index contributed by atoms with van der Waals surface area (Å²) in [6, 6.07) is 5.87. The number of aryl methyl sites for hydroxylation is 1. The minimum Gasteiger partial charge on any atom is -0.462 e. The number of fused-ring (bicyclic) bond motifs is 1. The molecule has 0 saturated carbocycles. The van der Waals surface area contributed by atoms with Crippen LogP contribution < -0.4 is 0 Å². The monoisotopic (exact) mass is 230 g/mol. The number of carbonyl (C=O) groups excluding carboxylic acids is 2. The van der Waals surface area contributed by atoms with Gasteiger partial charge in [-0.3, -0.25) is 4.79 Å². The van der Waals surface area contributed by atoms with E-state index in [1.807, 2.05) is 25.1 Å². The van der Waals surface area contributed by atoms with Gasteiger partial charge in [-0.05, 0) is 31.1 Å². The van der Waals surface area contributed by atoms with Crippen LogP contribution in [-0.2, 0) is 20.7 Å². The van der Waals surface area contributed by atoms with E-state index < -0.39 is 5.97 Å². The van der Waals surface area contributed by atoms with Crippen LogP contribution in [0.25, 0.3) is 6.08 Å². The molecule has 0 bridgehead atoms. The summed E-state index contributed by atoms with van der Waals surface area (Å²) in [7, 11) is 0. The van der Waals surface area contributed by atoms with E-state index in [-0.39, 0.29) is 24.4 Å². The molecule has 0 radical (unpaired) electrons. The molecule has 0 aromatic heterocycles. The van der Waals surface area contributed by atoms with E-state index in [9.17, 15) is 9.59 Å². The fraction of sp³-hybridized carbons (Fsp3) is 0.286. The summed E-state index contributed by atoms with van der Waals surface area (Å²) < 4.78 is 4.87. The van der Waals surface area contributed by atoms with E-state index in [0.717, 1.165) is 16.7 Å². The van der Waals surface area contributed by atoms with Crippen LogP contribution >= 0.6 is 0 Å². The molecule has 0 unspecified atom stereocenters. The van der Waals surface area contributed by atoms with E-state index in [1.165, 1.54) is 0 Å². The number of hydrogen-bond acceptors (Lipinski definition) is 3. The van der Waals surface area contributed by atoms with Crippen LogP contribution in [0.2, 0.25) is 0 Å². The van der Waals surface area contributed by atoms with Gasteiger partial charge >= 0.3 is 5.97 Å². The van der Waals surface area contributed by atoms with Gasteiger partial charge in [0.15, 0.2) is 5.78 Å². The molecule has 1 aromatic carbocycles. The van der Waals surface area contributed by atoms with Gasteiger partial charge in [0.05, 0.1) is 6.61 Å². The lowest BCUT2D eigenvalue weighted by Gasteiger charge is -2.15. The first-order valence-electron chi connectivity index (χ1n) is 5.63. The van der Waals surface area contributed by atoms with Crippen molar-refractivity contribution in [1.82, 2.24) is 0 Å². The Kier molecular flexibility index (Phi) is 3.09. The molecule has 0 heterocycles. The van der Waals surface area contributed by atoms with Gasteiger partial charge in [-0.15, -0.1) is 0 Å². The quantitative estimate of drug-likeness (QED) is 0.577. The lowest BCUT2D eigenvalue weighted by atomic mass is 9.90. The summed E-state index contributed by atoms with van der Waals surface area (Å²) in [5.74, 6) is -0.690. The maximum atomic E-state index is 11.8. The van der Waals surface area contributed by atoms with E-state index in [0.29, 0.717) is 0 Å². The molecule has 0 atom stereocenters. The summed E-state index contributed by atoms with van der Waals surface area (Å²) >= 11 is 0. The van der Waals surface area contributed by atoms with E-state index in [4.69, 9.17) is 4.74 Å². The van der Waals surface area contributed by atoms with E-state index in [1.54, 1.807) is 13.0 Å². The summed E-state index contributed by atoms with van der Waals surface area (Å²) in [5, 5.41) is 0. The lowest BCUT2D eigenvalue weighted by Crippen LogP contribution is -2.20. The first-order valence-corrected chi connectivity index (χ1v) is 5.63. The van der Waals surface area contributed by atoms with Crippen LogP contribution in [0.3, 0.4) is 0 Å². The fourth-order valence-corrected chi connectivity index (χ4v) is 1.90. The molecular weight excluding hydrogens is 216 g/mol. The number of carbonyl (C=O) groups is 2. The maximum absolute atomic E-state index is 11.8. The Bertz CT molecular complexity index is 512. The largest absolute Gasteiger partial charge is 0.462 e. The molecule has 17 heavy (non-hydrogen) atoms. The van der Waals surface area contributed by atoms with Gasteiger partial charge in [0.25, 0.3) is 0 Å². The average molecular weight is 230 g/mol. The molecular formula is C14H14O3. The van der Waals surface area contributed by atoms with Gasteiger partial charge in [-0.25, -0.2) is 4.79 Å². The van der Waals surface area contributed by atoms with Crippen LogP contribution in [0.15, 0.2) is 23.8 Å². The van der Waals surface area contributed by atoms with Crippen molar-refractivity contribution in [2.45, 2.75) is 20.3 Å². The lowest BCUT2D eigenvalue weighted by molar-refractivity contribution is -0.139. The number of rotatable bonds is 2. The summed E-state index contributed by atoms with van der Waals surface area (Å²) in [6.45, 7) is 3.99. The molecule has 3 nitrogen and oxygen atoms in total. The Morgan fingerprint density at radius 3 is 2.88 bits per heavy atom. The highest BCUT2D eigenvalue weighted by Gasteiger charge is 2.24. The Morgan fingerprint density at radius 2 is 2.18 bits per heavy atom. The van der Waals surface area contributed by atoms with Gasteiger partial charge in [0.2, 0.25) is 0 Å². The molecule has 3 heteroatoms. The van der Waals surface area contributed by atoms with Crippen molar-refractivity contribution >= 4 is 17.8 Å². The third-order valence-corrected chi connectivity index (χ3v) is 2.75. The van der Waals surface area contributed by atoms with Crippen LogP contribution in [-0.4, -0.2) is 18.4 Å².